The number of carbonyl (C=O) groups excluding carboxylic acids is 1. The number of carbonyl (C=O) groups is 1. The molecule has 0 radical (unpaired) electrons. The van der Waals surface area contributed by atoms with Crippen LogP contribution in [0.5, 0.6) is 0 Å². The summed E-state index contributed by atoms with van der Waals surface area (Å²) in [6.07, 6.45) is 3.25. The number of guanidine groups is 1. The Morgan fingerprint density at radius 1 is 1.50 bits per heavy atom. The second-order valence-electron chi connectivity index (χ2n) is 4.01. The first kappa shape index (κ1) is 14.0. The van der Waals surface area contributed by atoms with Crippen molar-refractivity contribution in [2.75, 3.05) is 18.9 Å². The number of nitrogens with zero attached hydrogens (tertiary/aromatic N) is 2. The van der Waals surface area contributed by atoms with E-state index >= 15 is 0 Å². The van der Waals surface area contributed by atoms with Gasteiger partial charge in [0.05, 0.1) is 18.4 Å². The molecule has 0 aromatic carbocycles. The monoisotopic (exact) mass is 249 g/mol. The summed E-state index contributed by atoms with van der Waals surface area (Å²) in [6, 6.07) is 3.81. The summed E-state index contributed by atoms with van der Waals surface area (Å²) >= 11 is 0. The van der Waals surface area contributed by atoms with Crippen LogP contribution in [0.1, 0.15) is 13.8 Å². The number of aliphatic imine (C=N–C) groups is 1. The lowest BCUT2D eigenvalue weighted by Gasteiger charge is -2.14. The lowest BCUT2D eigenvalue weighted by atomic mass is 10.4. The number of hydrogen-bond acceptors (Lipinski definition) is 3. The lowest BCUT2D eigenvalue weighted by molar-refractivity contribution is -0.115. The Morgan fingerprint density at radius 2 is 2.28 bits per heavy atom. The summed E-state index contributed by atoms with van der Waals surface area (Å²) in [5.41, 5.74) is 0.677. The predicted octanol–water partition coefficient (Wildman–Crippen LogP) is 0.593. The molecule has 0 saturated heterocycles. The van der Waals surface area contributed by atoms with Gasteiger partial charge in [-0.3, -0.25) is 14.8 Å². The Kier molecular flexibility index (Phi) is 5.63. The van der Waals surface area contributed by atoms with E-state index in [1.807, 2.05) is 13.8 Å². The Labute approximate surface area is 107 Å². The minimum atomic E-state index is -0.144. The van der Waals surface area contributed by atoms with Crippen LogP contribution in [0.4, 0.5) is 5.69 Å². The lowest BCUT2D eigenvalue weighted by Crippen LogP contribution is -2.44. The molecule has 0 atom stereocenters. The van der Waals surface area contributed by atoms with Gasteiger partial charge in [-0.05, 0) is 26.0 Å². The third-order valence-electron chi connectivity index (χ3n) is 2.01. The molecule has 1 amide bonds. The molecule has 6 nitrogen and oxygen atoms in total. The van der Waals surface area contributed by atoms with E-state index in [-0.39, 0.29) is 18.5 Å². The van der Waals surface area contributed by atoms with Crippen LogP contribution in [0.15, 0.2) is 29.5 Å². The molecule has 0 aliphatic heterocycles. The molecule has 0 aliphatic carbocycles. The van der Waals surface area contributed by atoms with Gasteiger partial charge in [-0.15, -0.1) is 0 Å². The van der Waals surface area contributed by atoms with E-state index in [0.29, 0.717) is 11.6 Å². The number of amides is 1. The van der Waals surface area contributed by atoms with E-state index in [1.165, 1.54) is 0 Å². The molecule has 98 valence electrons. The van der Waals surface area contributed by atoms with Gasteiger partial charge in [0.2, 0.25) is 5.91 Å². The molecule has 3 N–H and O–H groups in total. The van der Waals surface area contributed by atoms with Crippen molar-refractivity contribution in [3.05, 3.63) is 24.5 Å². The van der Waals surface area contributed by atoms with Crippen LogP contribution in [-0.4, -0.2) is 36.5 Å². The second-order valence-corrected chi connectivity index (χ2v) is 4.01. The number of anilines is 1. The Bertz CT molecular complexity index is 402. The number of pyridine rings is 1. The topological polar surface area (TPSA) is 78.4 Å². The van der Waals surface area contributed by atoms with Crippen molar-refractivity contribution in [2.45, 2.75) is 19.9 Å². The van der Waals surface area contributed by atoms with Crippen molar-refractivity contribution < 1.29 is 4.79 Å². The van der Waals surface area contributed by atoms with Gasteiger partial charge >= 0.3 is 0 Å². The normalized spacial score (nSPS) is 11.2. The number of aromatic nitrogens is 1. The Hall–Kier alpha value is -2.11. The van der Waals surface area contributed by atoms with Crippen molar-refractivity contribution in [3.63, 3.8) is 0 Å². The highest BCUT2D eigenvalue weighted by Crippen LogP contribution is 2.01. The molecular formula is C12H19N5O. The van der Waals surface area contributed by atoms with Gasteiger partial charge in [0.15, 0.2) is 5.96 Å². The van der Waals surface area contributed by atoms with E-state index in [2.05, 4.69) is 25.9 Å². The molecule has 1 aromatic rings. The summed E-state index contributed by atoms with van der Waals surface area (Å²) in [5, 5.41) is 8.75. The van der Waals surface area contributed by atoms with Crippen LogP contribution in [0.2, 0.25) is 0 Å². The van der Waals surface area contributed by atoms with Gasteiger partial charge in [-0.2, -0.15) is 0 Å². The first-order valence-electron chi connectivity index (χ1n) is 5.79. The van der Waals surface area contributed by atoms with Crippen molar-refractivity contribution >= 4 is 17.6 Å². The average molecular weight is 249 g/mol. The van der Waals surface area contributed by atoms with Crippen LogP contribution >= 0.6 is 0 Å². The third-order valence-corrected chi connectivity index (χ3v) is 2.01. The zero-order valence-electron chi connectivity index (χ0n) is 10.9. The summed E-state index contributed by atoms with van der Waals surface area (Å²) in [5.74, 6) is 0.459. The van der Waals surface area contributed by atoms with Gasteiger partial charge in [0.1, 0.15) is 0 Å². The predicted molar refractivity (Wildman–Crippen MR) is 72.5 cm³/mol. The fourth-order valence-electron chi connectivity index (χ4n) is 1.27. The first-order chi connectivity index (χ1) is 8.61. The van der Waals surface area contributed by atoms with Crippen LogP contribution in [0.25, 0.3) is 0 Å². The molecule has 0 aliphatic rings. The molecular weight excluding hydrogens is 230 g/mol. The van der Waals surface area contributed by atoms with Gasteiger partial charge < -0.3 is 16.0 Å². The molecule has 1 heterocycles. The smallest absolute Gasteiger partial charge is 0.243 e. The van der Waals surface area contributed by atoms with Crippen molar-refractivity contribution in [2.24, 2.45) is 4.99 Å². The van der Waals surface area contributed by atoms with Crippen LogP contribution in [0.3, 0.4) is 0 Å². The van der Waals surface area contributed by atoms with Crippen LogP contribution in [0, 0.1) is 0 Å². The minimum Gasteiger partial charge on any atom is -0.354 e. The molecule has 6 heteroatoms. The molecule has 0 bridgehead atoms. The number of rotatable bonds is 4. The van der Waals surface area contributed by atoms with Crippen molar-refractivity contribution in [3.8, 4) is 0 Å². The molecule has 0 fully saturated rings. The molecule has 1 rings (SSSR count). The zero-order chi connectivity index (χ0) is 13.4. The first-order valence-corrected chi connectivity index (χ1v) is 5.79. The van der Waals surface area contributed by atoms with Gasteiger partial charge in [-0.1, -0.05) is 0 Å². The fraction of sp³-hybridized carbons (Fsp3) is 0.417. The molecule has 0 saturated carbocycles. The standard InChI is InChI=1S/C12H19N5O/c1-9(2)16-12(13-3)15-8-11(18)17-10-5-4-6-14-7-10/h4-7,9H,8H2,1-3H3,(H,17,18)(H2,13,15,16). The maximum atomic E-state index is 11.6. The number of nitrogens with one attached hydrogen (secondary N) is 3. The quantitative estimate of drug-likeness (QED) is 0.539. The van der Waals surface area contributed by atoms with Crippen LogP contribution in [-0.2, 0) is 4.79 Å². The largest absolute Gasteiger partial charge is 0.354 e. The van der Waals surface area contributed by atoms with E-state index in [4.69, 9.17) is 0 Å². The molecule has 1 aromatic heterocycles. The van der Waals surface area contributed by atoms with E-state index in [1.54, 1.807) is 31.6 Å². The van der Waals surface area contributed by atoms with E-state index < -0.39 is 0 Å². The highest BCUT2D eigenvalue weighted by atomic mass is 16.1. The molecule has 0 unspecified atom stereocenters. The van der Waals surface area contributed by atoms with Gasteiger partial charge in [-0.25, -0.2) is 0 Å². The highest BCUT2D eigenvalue weighted by Gasteiger charge is 2.04. The van der Waals surface area contributed by atoms with Gasteiger partial charge in [0, 0.05) is 19.3 Å². The summed E-state index contributed by atoms with van der Waals surface area (Å²) in [7, 11) is 1.66. The maximum absolute atomic E-state index is 11.6. The fourth-order valence-corrected chi connectivity index (χ4v) is 1.27. The number of hydrogen-bond donors (Lipinski definition) is 3. The maximum Gasteiger partial charge on any atom is 0.243 e. The van der Waals surface area contributed by atoms with Crippen LogP contribution < -0.4 is 16.0 Å². The highest BCUT2D eigenvalue weighted by molar-refractivity contribution is 5.94. The second kappa shape index (κ2) is 7.26. The summed E-state index contributed by atoms with van der Waals surface area (Å²) < 4.78 is 0. The van der Waals surface area contributed by atoms with E-state index in [0.717, 1.165) is 0 Å². The summed E-state index contributed by atoms with van der Waals surface area (Å²) in [6.45, 7) is 4.16. The molecule has 18 heavy (non-hydrogen) atoms. The zero-order valence-corrected chi connectivity index (χ0v) is 10.9. The average Bonchev–Trinajstić information content (AvgIpc) is 2.35. The Balaban J connectivity index is 2.37. The SMILES string of the molecule is CN=C(NCC(=O)Nc1cccnc1)NC(C)C. The third kappa shape index (κ3) is 5.29. The van der Waals surface area contributed by atoms with E-state index in [9.17, 15) is 4.79 Å². The summed E-state index contributed by atoms with van der Waals surface area (Å²) in [4.78, 5) is 19.6. The van der Waals surface area contributed by atoms with Crippen molar-refractivity contribution in [1.29, 1.82) is 0 Å². The van der Waals surface area contributed by atoms with Gasteiger partial charge in [0.25, 0.3) is 0 Å². The minimum absolute atomic E-state index is 0.144. The Morgan fingerprint density at radius 3 is 2.83 bits per heavy atom. The molecule has 0 spiro atoms. The van der Waals surface area contributed by atoms with Crippen molar-refractivity contribution in [1.82, 2.24) is 15.6 Å².